The summed E-state index contributed by atoms with van der Waals surface area (Å²) in [5, 5.41) is 9.05. The average Bonchev–Trinajstić information content (AvgIpc) is 2.58. The summed E-state index contributed by atoms with van der Waals surface area (Å²) >= 11 is 0. The fourth-order valence-electron chi connectivity index (χ4n) is 2.83. The van der Waals surface area contributed by atoms with Crippen LogP contribution < -0.4 is 0 Å². The quantitative estimate of drug-likeness (QED) is 0.669. The summed E-state index contributed by atoms with van der Waals surface area (Å²) in [5.41, 5.74) is 5.01. The van der Waals surface area contributed by atoms with Crippen LogP contribution in [0.3, 0.4) is 0 Å². The van der Waals surface area contributed by atoms with Gasteiger partial charge in [-0.05, 0) is 56.2 Å². The van der Waals surface area contributed by atoms with E-state index in [2.05, 4.69) is 55.5 Å². The summed E-state index contributed by atoms with van der Waals surface area (Å²) in [7, 11) is 0. The summed E-state index contributed by atoms with van der Waals surface area (Å²) in [6.07, 6.45) is 2.70. The highest BCUT2D eigenvalue weighted by atomic mass is 16.5. The molecule has 2 aromatic carbocycles. The summed E-state index contributed by atoms with van der Waals surface area (Å²) in [4.78, 5) is 11.0. The molecule has 128 valence electrons. The normalized spacial score (nSPS) is 12.1. The third-order valence-corrected chi connectivity index (χ3v) is 4.13. The van der Waals surface area contributed by atoms with E-state index in [1.807, 2.05) is 6.92 Å². The van der Waals surface area contributed by atoms with Crippen LogP contribution in [0, 0.1) is 6.92 Å². The van der Waals surface area contributed by atoms with E-state index in [1.165, 1.54) is 22.3 Å². The first-order valence-electron chi connectivity index (χ1n) is 8.60. The lowest BCUT2D eigenvalue weighted by molar-refractivity contribution is -0.150. The van der Waals surface area contributed by atoms with E-state index in [0.717, 1.165) is 19.3 Å². The van der Waals surface area contributed by atoms with Crippen molar-refractivity contribution < 1.29 is 14.6 Å². The highest BCUT2D eigenvalue weighted by Gasteiger charge is 2.16. The maximum Gasteiger partial charge on any atom is 0.332 e. The Labute approximate surface area is 144 Å². The first-order chi connectivity index (χ1) is 11.6. The highest BCUT2D eigenvalue weighted by Crippen LogP contribution is 2.21. The van der Waals surface area contributed by atoms with E-state index >= 15 is 0 Å². The van der Waals surface area contributed by atoms with Crippen molar-refractivity contribution in [2.75, 3.05) is 6.61 Å². The molecule has 2 rings (SSSR count). The lowest BCUT2D eigenvalue weighted by atomic mass is 10.00. The largest absolute Gasteiger partial charge is 0.479 e. The Hall–Kier alpha value is -2.13. The van der Waals surface area contributed by atoms with Crippen molar-refractivity contribution in [3.05, 3.63) is 59.7 Å². The minimum Gasteiger partial charge on any atom is -0.479 e. The number of ether oxygens (including phenoxy) is 1. The zero-order valence-corrected chi connectivity index (χ0v) is 14.5. The van der Waals surface area contributed by atoms with Gasteiger partial charge >= 0.3 is 5.97 Å². The van der Waals surface area contributed by atoms with E-state index in [-0.39, 0.29) is 0 Å². The molecular weight excluding hydrogens is 300 g/mol. The lowest BCUT2D eigenvalue weighted by Gasteiger charge is -2.12. The molecule has 0 unspecified atom stereocenters. The van der Waals surface area contributed by atoms with Crippen molar-refractivity contribution in [1.82, 2.24) is 0 Å². The van der Waals surface area contributed by atoms with Crippen LogP contribution in [0.4, 0.5) is 0 Å². The van der Waals surface area contributed by atoms with Crippen molar-refractivity contribution in [1.29, 1.82) is 0 Å². The number of hydrogen-bond acceptors (Lipinski definition) is 2. The molecule has 0 saturated heterocycles. The molecule has 1 atom stereocenters. The van der Waals surface area contributed by atoms with Gasteiger partial charge in [0.05, 0.1) is 0 Å². The van der Waals surface area contributed by atoms with Crippen molar-refractivity contribution in [2.24, 2.45) is 0 Å². The van der Waals surface area contributed by atoms with Gasteiger partial charge < -0.3 is 9.84 Å². The van der Waals surface area contributed by atoms with Crippen LogP contribution in [0.2, 0.25) is 0 Å². The maximum atomic E-state index is 11.0. The minimum atomic E-state index is -0.862. The van der Waals surface area contributed by atoms with Gasteiger partial charge in [0, 0.05) is 6.61 Å². The number of hydrogen-bond donors (Lipinski definition) is 1. The first-order valence-corrected chi connectivity index (χ1v) is 8.60. The third kappa shape index (κ3) is 5.50. The van der Waals surface area contributed by atoms with Gasteiger partial charge in [-0.2, -0.15) is 0 Å². The third-order valence-electron chi connectivity index (χ3n) is 4.13. The van der Waals surface area contributed by atoms with Gasteiger partial charge in [0.1, 0.15) is 0 Å². The molecule has 0 aromatic heterocycles. The van der Waals surface area contributed by atoms with Crippen LogP contribution >= 0.6 is 0 Å². The predicted octanol–water partition coefficient (Wildman–Crippen LogP) is 4.86. The van der Waals surface area contributed by atoms with Crippen molar-refractivity contribution in [2.45, 2.75) is 45.6 Å². The molecule has 0 aliphatic rings. The van der Waals surface area contributed by atoms with Gasteiger partial charge in [-0.3, -0.25) is 0 Å². The van der Waals surface area contributed by atoms with Gasteiger partial charge in [0.25, 0.3) is 0 Å². The number of carbonyl (C=O) groups is 1. The van der Waals surface area contributed by atoms with Crippen LogP contribution in [0.1, 0.15) is 37.3 Å². The Kier molecular flexibility index (Phi) is 7.01. The second kappa shape index (κ2) is 9.24. The van der Waals surface area contributed by atoms with Gasteiger partial charge in [0.15, 0.2) is 6.10 Å². The fraction of sp³-hybridized carbons (Fsp3) is 0.381. The van der Waals surface area contributed by atoms with E-state index in [9.17, 15) is 4.79 Å². The standard InChI is InChI=1S/C21H26O3/c1-3-24-20(21(22)23)10-5-4-8-17-11-13-18(14-12-17)19-9-6-7-16(2)15-19/h6-7,9,11-15,20H,3-5,8,10H2,1-2H3,(H,22,23)/t20-/m0/s1. The van der Waals surface area contributed by atoms with Gasteiger partial charge in [-0.1, -0.05) is 54.1 Å². The highest BCUT2D eigenvalue weighted by molar-refractivity contribution is 5.72. The molecule has 24 heavy (non-hydrogen) atoms. The first kappa shape index (κ1) is 18.2. The zero-order valence-electron chi connectivity index (χ0n) is 14.5. The second-order valence-electron chi connectivity index (χ2n) is 6.09. The Morgan fingerprint density at radius 2 is 1.83 bits per heavy atom. The number of aryl methyl sites for hydroxylation is 2. The zero-order chi connectivity index (χ0) is 17.4. The molecule has 3 nitrogen and oxygen atoms in total. The molecule has 0 bridgehead atoms. The molecule has 0 fully saturated rings. The van der Waals surface area contributed by atoms with Crippen LogP contribution in [0.15, 0.2) is 48.5 Å². The van der Waals surface area contributed by atoms with E-state index in [1.54, 1.807) is 0 Å². The molecule has 1 N–H and O–H groups in total. The summed E-state index contributed by atoms with van der Waals surface area (Å²) < 4.78 is 5.23. The number of carboxylic acid groups (broad SMARTS) is 1. The molecule has 3 heteroatoms. The molecule has 0 saturated carbocycles. The number of rotatable bonds is 9. The fourth-order valence-corrected chi connectivity index (χ4v) is 2.83. The number of aliphatic carboxylic acids is 1. The molecule has 0 amide bonds. The number of benzene rings is 2. The summed E-state index contributed by atoms with van der Waals surface area (Å²) in [5.74, 6) is -0.862. The van der Waals surface area contributed by atoms with Crippen LogP contribution in [0.5, 0.6) is 0 Å². The molecule has 0 aliphatic heterocycles. The van der Waals surface area contributed by atoms with Crippen LogP contribution in [0.25, 0.3) is 11.1 Å². The van der Waals surface area contributed by atoms with E-state index < -0.39 is 12.1 Å². The molecule has 0 spiro atoms. The second-order valence-corrected chi connectivity index (χ2v) is 6.09. The Morgan fingerprint density at radius 1 is 1.08 bits per heavy atom. The summed E-state index contributed by atoms with van der Waals surface area (Å²) in [6, 6.07) is 17.1. The lowest BCUT2D eigenvalue weighted by Crippen LogP contribution is -2.23. The Morgan fingerprint density at radius 3 is 2.46 bits per heavy atom. The number of carboxylic acids is 1. The van der Waals surface area contributed by atoms with Crippen LogP contribution in [-0.4, -0.2) is 23.8 Å². The molecule has 0 aliphatic carbocycles. The summed E-state index contributed by atoms with van der Waals surface area (Å²) in [6.45, 7) is 4.37. The molecule has 0 radical (unpaired) electrons. The minimum absolute atomic E-state index is 0.442. The molecular formula is C21H26O3. The van der Waals surface area contributed by atoms with Gasteiger partial charge in [0.2, 0.25) is 0 Å². The van der Waals surface area contributed by atoms with Crippen molar-refractivity contribution >= 4 is 5.97 Å². The molecule has 0 heterocycles. The predicted molar refractivity (Wildman–Crippen MR) is 97.2 cm³/mol. The van der Waals surface area contributed by atoms with E-state index in [4.69, 9.17) is 9.84 Å². The number of unbranched alkanes of at least 4 members (excludes halogenated alkanes) is 1. The topological polar surface area (TPSA) is 46.5 Å². The smallest absolute Gasteiger partial charge is 0.332 e. The maximum absolute atomic E-state index is 11.0. The average molecular weight is 326 g/mol. The van der Waals surface area contributed by atoms with Crippen LogP contribution in [-0.2, 0) is 16.0 Å². The Balaban J connectivity index is 1.83. The molecule has 2 aromatic rings. The van der Waals surface area contributed by atoms with Gasteiger partial charge in [-0.25, -0.2) is 4.79 Å². The monoisotopic (exact) mass is 326 g/mol. The van der Waals surface area contributed by atoms with E-state index in [0.29, 0.717) is 13.0 Å². The van der Waals surface area contributed by atoms with Crippen molar-refractivity contribution in [3.63, 3.8) is 0 Å². The van der Waals surface area contributed by atoms with Gasteiger partial charge in [-0.15, -0.1) is 0 Å². The van der Waals surface area contributed by atoms with Crippen molar-refractivity contribution in [3.8, 4) is 11.1 Å². The SMILES string of the molecule is CCO[C@@H](CCCCc1ccc(-c2cccc(C)c2)cc1)C(=O)O. The Bertz CT molecular complexity index is 646.